The van der Waals surface area contributed by atoms with Crippen LogP contribution < -0.4 is 0 Å². The molecule has 0 heterocycles. The standard InChI is InChI=1S/C11H10O/c1-2-11(12)9-8-10-6-4-3-5-7-10/h2-7,11-12H,1H2. The summed E-state index contributed by atoms with van der Waals surface area (Å²) in [7, 11) is 0. The molecule has 0 saturated carbocycles. The molecule has 0 aliphatic carbocycles. The third kappa shape index (κ3) is 2.61. The molecule has 0 saturated heterocycles. The van der Waals surface area contributed by atoms with Crippen molar-refractivity contribution in [3.8, 4) is 11.8 Å². The maximum absolute atomic E-state index is 9.03. The Kier molecular flexibility index (Phi) is 3.13. The molecule has 1 heteroatoms. The van der Waals surface area contributed by atoms with Gasteiger partial charge in [0.15, 0.2) is 0 Å². The smallest absolute Gasteiger partial charge is 0.133 e. The molecule has 60 valence electrons. The van der Waals surface area contributed by atoms with E-state index in [0.29, 0.717) is 0 Å². The summed E-state index contributed by atoms with van der Waals surface area (Å²) in [5.41, 5.74) is 0.901. The maximum atomic E-state index is 9.03. The van der Waals surface area contributed by atoms with Crippen molar-refractivity contribution in [1.29, 1.82) is 0 Å². The van der Waals surface area contributed by atoms with Crippen molar-refractivity contribution in [1.82, 2.24) is 0 Å². The lowest BCUT2D eigenvalue weighted by molar-refractivity contribution is 0.281. The van der Waals surface area contributed by atoms with E-state index >= 15 is 0 Å². The van der Waals surface area contributed by atoms with Gasteiger partial charge in [0.1, 0.15) is 6.10 Å². The molecular formula is C11H10O. The van der Waals surface area contributed by atoms with Crippen molar-refractivity contribution in [2.45, 2.75) is 6.10 Å². The fraction of sp³-hybridized carbons (Fsp3) is 0.0909. The van der Waals surface area contributed by atoms with Gasteiger partial charge in [-0.05, 0) is 12.1 Å². The van der Waals surface area contributed by atoms with Crippen molar-refractivity contribution >= 4 is 0 Å². The van der Waals surface area contributed by atoms with Crippen molar-refractivity contribution in [3.63, 3.8) is 0 Å². The summed E-state index contributed by atoms with van der Waals surface area (Å²) in [6, 6.07) is 9.52. The van der Waals surface area contributed by atoms with E-state index in [0.717, 1.165) is 5.56 Å². The lowest BCUT2D eigenvalue weighted by Gasteiger charge is -1.90. The summed E-state index contributed by atoms with van der Waals surface area (Å²) < 4.78 is 0. The average molecular weight is 158 g/mol. The number of aliphatic hydroxyl groups is 1. The summed E-state index contributed by atoms with van der Waals surface area (Å²) in [4.78, 5) is 0. The summed E-state index contributed by atoms with van der Waals surface area (Å²) in [6.45, 7) is 3.42. The molecule has 1 rings (SSSR count). The summed E-state index contributed by atoms with van der Waals surface area (Å²) in [5, 5.41) is 9.03. The minimum absolute atomic E-state index is 0.731. The normalized spacial score (nSPS) is 11.1. The van der Waals surface area contributed by atoms with Crippen LogP contribution in [-0.4, -0.2) is 11.2 Å². The van der Waals surface area contributed by atoms with E-state index in [9.17, 15) is 0 Å². The molecule has 0 bridgehead atoms. The molecule has 0 aliphatic rings. The van der Waals surface area contributed by atoms with Gasteiger partial charge in [-0.1, -0.05) is 42.7 Å². The second kappa shape index (κ2) is 4.38. The quantitative estimate of drug-likeness (QED) is 0.486. The second-order valence-corrected chi connectivity index (χ2v) is 2.32. The van der Waals surface area contributed by atoms with E-state index in [1.54, 1.807) is 0 Å². The first-order chi connectivity index (χ1) is 5.83. The molecule has 0 aromatic heterocycles. The topological polar surface area (TPSA) is 20.2 Å². The first-order valence-corrected chi connectivity index (χ1v) is 3.70. The van der Waals surface area contributed by atoms with Gasteiger partial charge in [-0.3, -0.25) is 0 Å². The Morgan fingerprint density at radius 3 is 2.58 bits per heavy atom. The molecule has 0 radical (unpaired) electrons. The molecule has 12 heavy (non-hydrogen) atoms. The van der Waals surface area contributed by atoms with E-state index in [-0.39, 0.29) is 0 Å². The van der Waals surface area contributed by atoms with Crippen LogP contribution in [0.2, 0.25) is 0 Å². The highest BCUT2D eigenvalue weighted by molar-refractivity contribution is 5.35. The first-order valence-electron chi connectivity index (χ1n) is 3.70. The van der Waals surface area contributed by atoms with Crippen molar-refractivity contribution in [2.75, 3.05) is 0 Å². The fourth-order valence-corrected chi connectivity index (χ4v) is 0.738. The van der Waals surface area contributed by atoms with Crippen LogP contribution in [0.4, 0.5) is 0 Å². The fourth-order valence-electron chi connectivity index (χ4n) is 0.738. The van der Waals surface area contributed by atoms with Crippen LogP contribution in [0.25, 0.3) is 0 Å². The SMILES string of the molecule is C=CC(O)C#Cc1ccccc1. The average Bonchev–Trinajstić information content (AvgIpc) is 2.16. The van der Waals surface area contributed by atoms with Gasteiger partial charge >= 0.3 is 0 Å². The summed E-state index contributed by atoms with van der Waals surface area (Å²) in [5.74, 6) is 5.46. The molecule has 1 aromatic carbocycles. The van der Waals surface area contributed by atoms with Crippen LogP contribution >= 0.6 is 0 Å². The molecule has 1 aromatic rings. The van der Waals surface area contributed by atoms with Crippen molar-refractivity contribution in [2.24, 2.45) is 0 Å². The number of aliphatic hydroxyl groups excluding tert-OH is 1. The molecule has 0 aliphatic heterocycles. The monoisotopic (exact) mass is 158 g/mol. The Morgan fingerprint density at radius 2 is 2.00 bits per heavy atom. The molecule has 1 nitrogen and oxygen atoms in total. The van der Waals surface area contributed by atoms with Gasteiger partial charge in [-0.2, -0.15) is 0 Å². The van der Waals surface area contributed by atoms with Crippen molar-refractivity contribution in [3.05, 3.63) is 48.6 Å². The second-order valence-electron chi connectivity index (χ2n) is 2.32. The minimum Gasteiger partial charge on any atom is -0.377 e. The van der Waals surface area contributed by atoms with Crippen LogP contribution in [0.5, 0.6) is 0 Å². The Labute approximate surface area is 72.4 Å². The maximum Gasteiger partial charge on any atom is 0.133 e. The number of benzene rings is 1. The number of rotatable bonds is 1. The third-order valence-electron chi connectivity index (χ3n) is 1.36. The Bertz CT molecular complexity index is 303. The molecule has 1 atom stereocenters. The Balaban J connectivity index is 2.73. The highest BCUT2D eigenvalue weighted by Gasteiger charge is 1.87. The zero-order valence-electron chi connectivity index (χ0n) is 6.70. The van der Waals surface area contributed by atoms with E-state index in [4.69, 9.17) is 5.11 Å². The van der Waals surface area contributed by atoms with Crippen LogP contribution in [-0.2, 0) is 0 Å². The van der Waals surface area contributed by atoms with Crippen LogP contribution in [0, 0.1) is 11.8 Å². The lowest BCUT2D eigenvalue weighted by Crippen LogP contribution is -1.95. The Morgan fingerprint density at radius 1 is 1.33 bits per heavy atom. The van der Waals surface area contributed by atoms with E-state index < -0.39 is 6.10 Å². The predicted octanol–water partition coefficient (Wildman–Crippen LogP) is 1.58. The van der Waals surface area contributed by atoms with Gasteiger partial charge in [0.05, 0.1) is 0 Å². The molecular weight excluding hydrogens is 148 g/mol. The Hall–Kier alpha value is -1.52. The highest BCUT2D eigenvalue weighted by Crippen LogP contribution is 1.95. The minimum atomic E-state index is -0.731. The largest absolute Gasteiger partial charge is 0.377 e. The van der Waals surface area contributed by atoms with Crippen LogP contribution in [0.15, 0.2) is 43.0 Å². The van der Waals surface area contributed by atoms with E-state index in [1.807, 2.05) is 30.3 Å². The first kappa shape index (κ1) is 8.58. The number of hydrogen-bond donors (Lipinski definition) is 1. The molecule has 1 N–H and O–H groups in total. The summed E-state index contributed by atoms with van der Waals surface area (Å²) >= 11 is 0. The van der Waals surface area contributed by atoms with E-state index in [2.05, 4.69) is 18.4 Å². The van der Waals surface area contributed by atoms with Crippen LogP contribution in [0.1, 0.15) is 5.56 Å². The van der Waals surface area contributed by atoms with Gasteiger partial charge in [0, 0.05) is 5.56 Å². The molecule has 1 unspecified atom stereocenters. The summed E-state index contributed by atoms with van der Waals surface area (Å²) in [6.07, 6.45) is 0.667. The predicted molar refractivity (Wildman–Crippen MR) is 49.5 cm³/mol. The molecule has 0 spiro atoms. The molecule has 0 amide bonds. The van der Waals surface area contributed by atoms with Gasteiger partial charge in [-0.25, -0.2) is 0 Å². The highest BCUT2D eigenvalue weighted by atomic mass is 16.3. The number of hydrogen-bond acceptors (Lipinski definition) is 1. The molecule has 0 fully saturated rings. The van der Waals surface area contributed by atoms with Gasteiger partial charge in [-0.15, -0.1) is 0 Å². The zero-order valence-corrected chi connectivity index (χ0v) is 6.70. The van der Waals surface area contributed by atoms with E-state index in [1.165, 1.54) is 6.08 Å². The lowest BCUT2D eigenvalue weighted by atomic mass is 10.2. The van der Waals surface area contributed by atoms with Gasteiger partial charge < -0.3 is 5.11 Å². The van der Waals surface area contributed by atoms with Crippen molar-refractivity contribution < 1.29 is 5.11 Å². The van der Waals surface area contributed by atoms with Gasteiger partial charge in [0.2, 0.25) is 0 Å². The van der Waals surface area contributed by atoms with Crippen LogP contribution in [0.3, 0.4) is 0 Å². The third-order valence-corrected chi connectivity index (χ3v) is 1.36. The van der Waals surface area contributed by atoms with Gasteiger partial charge in [0.25, 0.3) is 0 Å². The zero-order chi connectivity index (χ0) is 8.81.